The van der Waals surface area contributed by atoms with Crippen molar-refractivity contribution in [3.05, 3.63) is 34.9 Å². The van der Waals surface area contributed by atoms with Gasteiger partial charge in [-0.3, -0.25) is 0 Å². The van der Waals surface area contributed by atoms with Gasteiger partial charge in [0.15, 0.2) is 0 Å². The summed E-state index contributed by atoms with van der Waals surface area (Å²) < 4.78 is 5.65. The van der Waals surface area contributed by atoms with E-state index in [9.17, 15) is 0 Å². The standard InChI is InChI=1S/C14H23NO/c1-5-14(4,15)10-16-9-13-7-6-11(2)12(3)8-13/h6-8H,5,9-10,15H2,1-4H3. The topological polar surface area (TPSA) is 35.2 Å². The lowest BCUT2D eigenvalue weighted by Gasteiger charge is -2.22. The number of hydrogen-bond donors (Lipinski definition) is 1. The van der Waals surface area contributed by atoms with Crippen LogP contribution in [0.2, 0.25) is 0 Å². The van der Waals surface area contributed by atoms with E-state index < -0.39 is 0 Å². The van der Waals surface area contributed by atoms with Gasteiger partial charge in [-0.15, -0.1) is 0 Å². The highest BCUT2D eigenvalue weighted by Crippen LogP contribution is 2.12. The molecule has 0 spiro atoms. The van der Waals surface area contributed by atoms with Gasteiger partial charge in [0, 0.05) is 5.54 Å². The Hall–Kier alpha value is -0.860. The second kappa shape index (κ2) is 5.46. The van der Waals surface area contributed by atoms with Gasteiger partial charge in [-0.1, -0.05) is 25.1 Å². The lowest BCUT2D eigenvalue weighted by molar-refractivity contribution is 0.0777. The third kappa shape index (κ3) is 3.95. The quantitative estimate of drug-likeness (QED) is 0.829. The predicted octanol–water partition coefficient (Wildman–Crippen LogP) is 2.95. The van der Waals surface area contributed by atoms with Gasteiger partial charge in [0.25, 0.3) is 0 Å². The molecule has 16 heavy (non-hydrogen) atoms. The highest BCUT2D eigenvalue weighted by atomic mass is 16.5. The van der Waals surface area contributed by atoms with Crippen molar-refractivity contribution >= 4 is 0 Å². The number of aryl methyl sites for hydroxylation is 2. The molecule has 0 radical (unpaired) electrons. The molecule has 0 fully saturated rings. The van der Waals surface area contributed by atoms with E-state index in [0.29, 0.717) is 13.2 Å². The Morgan fingerprint density at radius 3 is 2.50 bits per heavy atom. The molecule has 0 heterocycles. The van der Waals surface area contributed by atoms with Crippen molar-refractivity contribution < 1.29 is 4.74 Å². The van der Waals surface area contributed by atoms with E-state index in [1.54, 1.807) is 0 Å². The molecule has 0 saturated heterocycles. The molecule has 0 aliphatic carbocycles. The Kier molecular flexibility index (Phi) is 4.51. The first-order valence-corrected chi connectivity index (χ1v) is 5.87. The molecular formula is C14H23NO. The Morgan fingerprint density at radius 1 is 1.25 bits per heavy atom. The third-order valence-corrected chi connectivity index (χ3v) is 3.08. The van der Waals surface area contributed by atoms with Gasteiger partial charge in [0.2, 0.25) is 0 Å². The van der Waals surface area contributed by atoms with Crippen molar-refractivity contribution in [3.8, 4) is 0 Å². The number of ether oxygens (including phenoxy) is 1. The van der Waals surface area contributed by atoms with Crippen LogP contribution in [0.15, 0.2) is 18.2 Å². The highest BCUT2D eigenvalue weighted by Gasteiger charge is 2.15. The first-order chi connectivity index (χ1) is 7.44. The van der Waals surface area contributed by atoms with Gasteiger partial charge >= 0.3 is 0 Å². The molecule has 0 aromatic heterocycles. The molecule has 1 aromatic rings. The Morgan fingerprint density at radius 2 is 1.94 bits per heavy atom. The maximum Gasteiger partial charge on any atom is 0.0717 e. The summed E-state index contributed by atoms with van der Waals surface area (Å²) in [5.41, 5.74) is 9.65. The van der Waals surface area contributed by atoms with Crippen molar-refractivity contribution in [2.24, 2.45) is 5.73 Å². The first kappa shape index (κ1) is 13.2. The van der Waals surface area contributed by atoms with Gasteiger partial charge in [-0.2, -0.15) is 0 Å². The second-order valence-corrected chi connectivity index (χ2v) is 4.92. The number of hydrogen-bond acceptors (Lipinski definition) is 2. The maximum atomic E-state index is 6.01. The first-order valence-electron chi connectivity index (χ1n) is 5.87. The maximum absolute atomic E-state index is 6.01. The summed E-state index contributed by atoms with van der Waals surface area (Å²) in [5.74, 6) is 0. The van der Waals surface area contributed by atoms with Gasteiger partial charge < -0.3 is 10.5 Å². The average Bonchev–Trinajstić information content (AvgIpc) is 2.23. The van der Waals surface area contributed by atoms with Crippen LogP contribution in [0.3, 0.4) is 0 Å². The zero-order valence-electron chi connectivity index (χ0n) is 10.8. The Labute approximate surface area is 98.8 Å². The molecule has 0 aliphatic rings. The zero-order valence-corrected chi connectivity index (χ0v) is 10.8. The van der Waals surface area contributed by atoms with E-state index in [0.717, 1.165) is 6.42 Å². The molecule has 1 atom stereocenters. The van der Waals surface area contributed by atoms with Crippen LogP contribution in [0.4, 0.5) is 0 Å². The lowest BCUT2D eigenvalue weighted by Crippen LogP contribution is -2.40. The molecule has 0 bridgehead atoms. The molecule has 2 N–H and O–H groups in total. The van der Waals surface area contributed by atoms with E-state index in [-0.39, 0.29) is 5.54 Å². The normalized spacial score (nSPS) is 14.8. The molecule has 1 unspecified atom stereocenters. The molecule has 0 aliphatic heterocycles. The molecule has 90 valence electrons. The Bertz CT molecular complexity index is 345. The smallest absolute Gasteiger partial charge is 0.0717 e. The zero-order chi connectivity index (χ0) is 12.2. The largest absolute Gasteiger partial charge is 0.375 e. The molecule has 0 amide bonds. The lowest BCUT2D eigenvalue weighted by atomic mass is 10.0. The molecular weight excluding hydrogens is 198 g/mol. The van der Waals surface area contributed by atoms with Crippen molar-refractivity contribution in [1.82, 2.24) is 0 Å². The molecule has 0 saturated carbocycles. The minimum Gasteiger partial charge on any atom is -0.375 e. The Balaban J connectivity index is 2.46. The molecule has 1 aromatic carbocycles. The van der Waals surface area contributed by atoms with Crippen molar-refractivity contribution in [3.63, 3.8) is 0 Å². The van der Waals surface area contributed by atoms with Gasteiger partial charge in [-0.05, 0) is 43.9 Å². The summed E-state index contributed by atoms with van der Waals surface area (Å²) in [4.78, 5) is 0. The van der Waals surface area contributed by atoms with E-state index in [1.807, 2.05) is 6.92 Å². The summed E-state index contributed by atoms with van der Waals surface area (Å²) in [6, 6.07) is 6.42. The molecule has 2 nitrogen and oxygen atoms in total. The summed E-state index contributed by atoms with van der Waals surface area (Å²) in [6.45, 7) is 9.60. The number of benzene rings is 1. The van der Waals surface area contributed by atoms with Gasteiger partial charge in [0.05, 0.1) is 13.2 Å². The van der Waals surface area contributed by atoms with Crippen LogP contribution in [-0.4, -0.2) is 12.1 Å². The monoisotopic (exact) mass is 221 g/mol. The van der Waals surface area contributed by atoms with Crippen LogP contribution in [0.5, 0.6) is 0 Å². The average molecular weight is 221 g/mol. The summed E-state index contributed by atoms with van der Waals surface area (Å²) in [7, 11) is 0. The number of rotatable bonds is 5. The SMILES string of the molecule is CCC(C)(N)COCc1ccc(C)c(C)c1. The predicted molar refractivity (Wildman–Crippen MR) is 68.5 cm³/mol. The minimum absolute atomic E-state index is 0.209. The van der Waals surface area contributed by atoms with Crippen molar-refractivity contribution in [2.45, 2.75) is 46.3 Å². The van der Waals surface area contributed by atoms with Crippen LogP contribution in [-0.2, 0) is 11.3 Å². The van der Waals surface area contributed by atoms with Gasteiger partial charge in [0.1, 0.15) is 0 Å². The van der Waals surface area contributed by atoms with Crippen molar-refractivity contribution in [1.29, 1.82) is 0 Å². The summed E-state index contributed by atoms with van der Waals surface area (Å²) in [6.07, 6.45) is 0.930. The van der Waals surface area contributed by atoms with Crippen LogP contribution in [0.25, 0.3) is 0 Å². The third-order valence-electron chi connectivity index (χ3n) is 3.08. The fourth-order valence-electron chi connectivity index (χ4n) is 1.40. The van der Waals surface area contributed by atoms with Crippen LogP contribution >= 0.6 is 0 Å². The van der Waals surface area contributed by atoms with E-state index in [4.69, 9.17) is 10.5 Å². The molecule has 2 heteroatoms. The highest BCUT2D eigenvalue weighted by molar-refractivity contribution is 5.29. The van der Waals surface area contributed by atoms with Crippen LogP contribution in [0.1, 0.15) is 37.0 Å². The van der Waals surface area contributed by atoms with E-state index >= 15 is 0 Å². The minimum atomic E-state index is -0.209. The fraction of sp³-hybridized carbons (Fsp3) is 0.571. The summed E-state index contributed by atoms with van der Waals surface area (Å²) in [5, 5.41) is 0. The fourth-order valence-corrected chi connectivity index (χ4v) is 1.40. The second-order valence-electron chi connectivity index (χ2n) is 4.92. The van der Waals surface area contributed by atoms with Crippen LogP contribution in [0, 0.1) is 13.8 Å². The van der Waals surface area contributed by atoms with E-state index in [2.05, 4.69) is 39.0 Å². The summed E-state index contributed by atoms with van der Waals surface area (Å²) >= 11 is 0. The van der Waals surface area contributed by atoms with E-state index in [1.165, 1.54) is 16.7 Å². The van der Waals surface area contributed by atoms with Crippen LogP contribution < -0.4 is 5.73 Å². The van der Waals surface area contributed by atoms with Gasteiger partial charge in [-0.25, -0.2) is 0 Å². The molecule has 1 rings (SSSR count). The van der Waals surface area contributed by atoms with Crippen molar-refractivity contribution in [2.75, 3.05) is 6.61 Å². The number of nitrogens with two attached hydrogens (primary N) is 1.